The van der Waals surface area contributed by atoms with Crippen molar-refractivity contribution >= 4 is 44.6 Å². The van der Waals surface area contributed by atoms with Crippen LogP contribution in [0.1, 0.15) is 72.2 Å². The van der Waals surface area contributed by atoms with Crippen molar-refractivity contribution in [3.63, 3.8) is 0 Å². The maximum Gasteiger partial charge on any atom is 0.416 e. The molecule has 1 heterocycles. The Morgan fingerprint density at radius 3 is 2.10 bits per heavy atom. The zero-order chi connectivity index (χ0) is 31.4. The number of thiazole rings is 1. The molecule has 1 aromatic heterocycles. The summed E-state index contributed by atoms with van der Waals surface area (Å²) >= 11 is 4.48. The molecule has 0 aliphatic rings. The fourth-order valence-corrected chi connectivity index (χ4v) is 4.59. The first-order valence-corrected chi connectivity index (χ1v) is 14.2. The molecule has 2 aromatic rings. The number of carbonyl (C=O) groups is 2. The van der Waals surface area contributed by atoms with Crippen LogP contribution in [-0.4, -0.2) is 51.7 Å². The first-order chi connectivity index (χ1) is 18.5. The molecule has 0 fully saturated rings. The number of aliphatic hydroxyl groups is 1. The number of amides is 2. The Balaban J connectivity index is 2.49. The van der Waals surface area contributed by atoms with E-state index in [1.807, 2.05) is 0 Å². The second-order valence-corrected chi connectivity index (χ2v) is 14.1. The lowest BCUT2D eigenvalue weighted by Gasteiger charge is -2.30. The van der Waals surface area contributed by atoms with Gasteiger partial charge in [-0.2, -0.15) is 13.2 Å². The van der Waals surface area contributed by atoms with E-state index in [1.165, 1.54) is 30.9 Å². The third-order valence-corrected chi connectivity index (χ3v) is 6.52. The summed E-state index contributed by atoms with van der Waals surface area (Å²) in [6, 6.07) is 3.72. The van der Waals surface area contributed by atoms with Gasteiger partial charge >= 0.3 is 18.4 Å². The van der Waals surface area contributed by atoms with Crippen molar-refractivity contribution in [1.82, 2.24) is 10.3 Å². The SMILES string of the molecule is CC(C)(O)C#Cc1nc(N(C[C@H](Cc2ccc(C(F)(F)F)cc2)NC(=O)OC(C)(C)C)C(=O)OC(C)(C)C)sc1Br. The van der Waals surface area contributed by atoms with Gasteiger partial charge in [-0.25, -0.2) is 14.6 Å². The molecule has 0 unspecified atom stereocenters. The second kappa shape index (κ2) is 13.0. The molecule has 2 N–H and O–H groups in total. The number of alkyl halides is 3. The normalized spacial score (nSPS) is 13.1. The van der Waals surface area contributed by atoms with Gasteiger partial charge < -0.3 is 19.9 Å². The fourth-order valence-electron chi connectivity index (χ4n) is 3.21. The highest BCUT2D eigenvalue weighted by atomic mass is 79.9. The van der Waals surface area contributed by atoms with Crippen LogP contribution in [0.5, 0.6) is 0 Å². The van der Waals surface area contributed by atoms with Crippen LogP contribution in [0.2, 0.25) is 0 Å². The molecule has 0 aliphatic carbocycles. The van der Waals surface area contributed by atoms with Crippen molar-refractivity contribution < 1.29 is 37.3 Å². The lowest BCUT2D eigenvalue weighted by Crippen LogP contribution is -2.49. The lowest BCUT2D eigenvalue weighted by molar-refractivity contribution is -0.137. The maximum absolute atomic E-state index is 13.4. The Morgan fingerprint density at radius 2 is 1.61 bits per heavy atom. The van der Waals surface area contributed by atoms with Gasteiger partial charge in [-0.1, -0.05) is 29.4 Å². The number of benzene rings is 1. The number of halogens is 4. The summed E-state index contributed by atoms with van der Waals surface area (Å²) in [7, 11) is 0. The molecule has 0 saturated carbocycles. The van der Waals surface area contributed by atoms with Gasteiger partial charge in [-0.3, -0.25) is 4.90 Å². The molecule has 0 saturated heterocycles. The van der Waals surface area contributed by atoms with E-state index < -0.39 is 46.8 Å². The molecule has 0 bridgehead atoms. The van der Waals surface area contributed by atoms with Gasteiger partial charge in [0, 0.05) is 0 Å². The molecular weight excluding hydrogens is 627 g/mol. The minimum absolute atomic E-state index is 0.0641. The van der Waals surface area contributed by atoms with E-state index in [9.17, 15) is 27.9 Å². The Bertz CT molecular complexity index is 1280. The summed E-state index contributed by atoms with van der Waals surface area (Å²) < 4.78 is 50.7. The summed E-state index contributed by atoms with van der Waals surface area (Å²) in [5.41, 5.74) is -3.00. The molecule has 0 radical (unpaired) electrons. The zero-order valence-corrected chi connectivity index (χ0v) is 26.6. The highest BCUT2D eigenvalue weighted by Gasteiger charge is 2.32. The number of ether oxygens (including phenoxy) is 2. The first kappa shape index (κ1) is 34.4. The Morgan fingerprint density at radius 1 is 1.05 bits per heavy atom. The number of anilines is 1. The maximum atomic E-state index is 13.4. The molecule has 1 aromatic carbocycles. The van der Waals surface area contributed by atoms with E-state index in [4.69, 9.17) is 9.47 Å². The van der Waals surface area contributed by atoms with Crippen LogP contribution in [0, 0.1) is 11.8 Å². The number of rotatable bonds is 6. The van der Waals surface area contributed by atoms with Crippen LogP contribution in [-0.2, 0) is 22.1 Å². The Hall–Kier alpha value is -2.82. The summed E-state index contributed by atoms with van der Waals surface area (Å²) in [6.45, 7) is 13.0. The number of hydrogen-bond donors (Lipinski definition) is 2. The monoisotopic (exact) mass is 661 g/mol. The molecule has 41 heavy (non-hydrogen) atoms. The molecule has 1 atom stereocenters. The molecule has 0 spiro atoms. The van der Waals surface area contributed by atoms with Crippen LogP contribution < -0.4 is 10.2 Å². The van der Waals surface area contributed by atoms with E-state index in [-0.39, 0.29) is 23.8 Å². The average Bonchev–Trinajstić information content (AvgIpc) is 3.12. The van der Waals surface area contributed by atoms with Crippen LogP contribution >= 0.6 is 27.3 Å². The molecule has 2 amide bonds. The predicted octanol–water partition coefficient (Wildman–Crippen LogP) is 6.92. The highest BCUT2D eigenvalue weighted by molar-refractivity contribution is 9.11. The van der Waals surface area contributed by atoms with Crippen LogP contribution in [0.15, 0.2) is 28.1 Å². The zero-order valence-electron chi connectivity index (χ0n) is 24.2. The van der Waals surface area contributed by atoms with Gasteiger partial charge in [-0.15, -0.1) is 0 Å². The summed E-state index contributed by atoms with van der Waals surface area (Å²) in [5.74, 6) is 5.44. The van der Waals surface area contributed by atoms with E-state index in [1.54, 1.807) is 41.5 Å². The van der Waals surface area contributed by atoms with E-state index in [0.717, 1.165) is 23.5 Å². The predicted molar refractivity (Wildman–Crippen MR) is 155 cm³/mol. The first-order valence-electron chi connectivity index (χ1n) is 12.6. The van der Waals surface area contributed by atoms with Crippen molar-refractivity contribution in [2.45, 2.75) is 90.8 Å². The Kier molecular flexibility index (Phi) is 10.9. The molecular formula is C28H35BrF3N3O5S. The number of nitrogens with one attached hydrogen (secondary N) is 1. The van der Waals surface area contributed by atoms with Crippen molar-refractivity contribution in [3.8, 4) is 11.8 Å². The number of nitrogens with zero attached hydrogens (tertiary/aromatic N) is 2. The Labute approximate surface area is 250 Å². The van der Waals surface area contributed by atoms with Crippen LogP contribution in [0.4, 0.5) is 27.9 Å². The standard InChI is InChI=1S/C28H35BrF3N3O5S/c1-25(2,3)39-23(36)33-19(15-17-9-11-18(12-10-17)28(30,31)32)16-35(24(37)40-26(4,5)6)22-34-20(21(29)41-22)13-14-27(7,8)38/h9-12,19,38H,15-16H2,1-8H3,(H,33,36)/t19-/m0/s1. The van der Waals surface area contributed by atoms with Gasteiger partial charge in [0.05, 0.1) is 18.2 Å². The number of alkyl carbamates (subject to hydrolysis) is 1. The van der Waals surface area contributed by atoms with E-state index in [2.05, 4.69) is 38.1 Å². The van der Waals surface area contributed by atoms with Gasteiger partial charge in [0.2, 0.25) is 0 Å². The number of carbonyl (C=O) groups excluding carboxylic acids is 2. The molecule has 13 heteroatoms. The van der Waals surface area contributed by atoms with Crippen molar-refractivity contribution in [2.75, 3.05) is 11.4 Å². The lowest BCUT2D eigenvalue weighted by atomic mass is 10.0. The molecule has 2 rings (SSSR count). The van der Waals surface area contributed by atoms with Gasteiger partial charge in [0.1, 0.15) is 26.3 Å². The van der Waals surface area contributed by atoms with E-state index in [0.29, 0.717) is 9.35 Å². The largest absolute Gasteiger partial charge is 0.444 e. The fraction of sp³-hybridized carbons (Fsp3) is 0.536. The summed E-state index contributed by atoms with van der Waals surface area (Å²) in [6.07, 6.45) is -5.96. The number of aromatic nitrogens is 1. The third kappa shape index (κ3) is 12.3. The molecule has 8 nitrogen and oxygen atoms in total. The third-order valence-electron chi connectivity index (χ3n) is 4.79. The minimum Gasteiger partial charge on any atom is -0.444 e. The van der Waals surface area contributed by atoms with Gasteiger partial charge in [0.15, 0.2) is 5.13 Å². The second-order valence-electron chi connectivity index (χ2n) is 11.8. The minimum atomic E-state index is -4.50. The summed E-state index contributed by atoms with van der Waals surface area (Å²) in [4.78, 5) is 31.8. The van der Waals surface area contributed by atoms with Crippen molar-refractivity contribution in [2.24, 2.45) is 0 Å². The molecule has 0 aliphatic heterocycles. The molecule has 226 valence electrons. The van der Waals surface area contributed by atoms with E-state index >= 15 is 0 Å². The number of hydrogen-bond acceptors (Lipinski definition) is 7. The summed E-state index contributed by atoms with van der Waals surface area (Å²) in [5, 5.41) is 12.9. The van der Waals surface area contributed by atoms with Gasteiger partial charge in [-0.05, 0) is 101 Å². The quantitative estimate of drug-likeness (QED) is 0.326. The smallest absolute Gasteiger partial charge is 0.416 e. The average molecular weight is 663 g/mol. The van der Waals surface area contributed by atoms with Crippen molar-refractivity contribution in [3.05, 3.63) is 44.9 Å². The highest BCUT2D eigenvalue weighted by Crippen LogP contribution is 2.33. The topological polar surface area (TPSA) is 101 Å². The van der Waals surface area contributed by atoms with Crippen LogP contribution in [0.3, 0.4) is 0 Å². The van der Waals surface area contributed by atoms with Gasteiger partial charge in [0.25, 0.3) is 0 Å². The van der Waals surface area contributed by atoms with Crippen LogP contribution in [0.25, 0.3) is 0 Å². The van der Waals surface area contributed by atoms with Crippen molar-refractivity contribution in [1.29, 1.82) is 0 Å².